The van der Waals surface area contributed by atoms with Gasteiger partial charge in [-0.2, -0.15) is 0 Å². The first-order chi connectivity index (χ1) is 13.2. The first-order valence-corrected chi connectivity index (χ1v) is 9.18. The highest BCUT2D eigenvalue weighted by Crippen LogP contribution is 2.30. The molecule has 27 heavy (non-hydrogen) atoms. The topological polar surface area (TPSA) is 60.4 Å². The summed E-state index contributed by atoms with van der Waals surface area (Å²) in [5.74, 6) is 2.00. The molecular formula is C21H27NO5. The standard InChI is InChI=1S/C21H27NO5/c1-16-3-5-19(18(23)13-16)27-15-17-4-6-20(24-2)21(14-17)26-12-9-22-7-10-25-11-8-22/h3-6,13-14,23H,7-12,15H2,1-2H3. The van der Waals surface area contributed by atoms with Crippen molar-refractivity contribution in [1.29, 1.82) is 0 Å². The third kappa shape index (κ3) is 5.52. The van der Waals surface area contributed by atoms with Crippen LogP contribution in [0, 0.1) is 6.92 Å². The number of hydrogen-bond donors (Lipinski definition) is 1. The van der Waals surface area contributed by atoms with Crippen molar-refractivity contribution in [3.63, 3.8) is 0 Å². The van der Waals surface area contributed by atoms with Crippen LogP contribution in [-0.4, -0.2) is 56.6 Å². The van der Waals surface area contributed by atoms with Crippen LogP contribution in [0.5, 0.6) is 23.0 Å². The van der Waals surface area contributed by atoms with E-state index in [0.717, 1.165) is 44.0 Å². The van der Waals surface area contributed by atoms with Gasteiger partial charge >= 0.3 is 0 Å². The van der Waals surface area contributed by atoms with Gasteiger partial charge in [0.1, 0.15) is 13.2 Å². The molecule has 0 atom stereocenters. The predicted octanol–water partition coefficient (Wildman–Crippen LogP) is 3.00. The molecule has 1 heterocycles. The first-order valence-electron chi connectivity index (χ1n) is 9.18. The Morgan fingerprint density at radius 2 is 1.78 bits per heavy atom. The lowest BCUT2D eigenvalue weighted by molar-refractivity contribution is 0.0321. The van der Waals surface area contributed by atoms with Crippen LogP contribution in [0.25, 0.3) is 0 Å². The van der Waals surface area contributed by atoms with Gasteiger partial charge in [-0.05, 0) is 42.3 Å². The molecule has 0 amide bonds. The third-order valence-corrected chi connectivity index (χ3v) is 4.51. The molecule has 1 aliphatic heterocycles. The maximum atomic E-state index is 9.96. The molecule has 1 saturated heterocycles. The molecule has 0 bridgehead atoms. The highest BCUT2D eigenvalue weighted by atomic mass is 16.5. The van der Waals surface area contributed by atoms with E-state index in [1.807, 2.05) is 31.2 Å². The Bertz CT molecular complexity index is 743. The Labute approximate surface area is 160 Å². The summed E-state index contributed by atoms with van der Waals surface area (Å²) in [6.45, 7) is 7.13. The number of hydrogen-bond acceptors (Lipinski definition) is 6. The smallest absolute Gasteiger partial charge is 0.161 e. The van der Waals surface area contributed by atoms with Crippen LogP contribution in [0.15, 0.2) is 36.4 Å². The Kier molecular flexibility index (Phi) is 6.79. The van der Waals surface area contributed by atoms with Gasteiger partial charge in [-0.3, -0.25) is 4.90 Å². The summed E-state index contributed by atoms with van der Waals surface area (Å²) >= 11 is 0. The van der Waals surface area contributed by atoms with Crippen molar-refractivity contribution in [2.75, 3.05) is 46.6 Å². The zero-order valence-electron chi connectivity index (χ0n) is 15.9. The van der Waals surface area contributed by atoms with Gasteiger partial charge in [-0.15, -0.1) is 0 Å². The number of benzene rings is 2. The highest BCUT2D eigenvalue weighted by Gasteiger charge is 2.12. The lowest BCUT2D eigenvalue weighted by Gasteiger charge is -2.26. The van der Waals surface area contributed by atoms with E-state index >= 15 is 0 Å². The zero-order chi connectivity index (χ0) is 19.1. The van der Waals surface area contributed by atoms with E-state index in [0.29, 0.717) is 30.5 Å². The minimum absolute atomic E-state index is 0.144. The molecule has 1 N–H and O–H groups in total. The van der Waals surface area contributed by atoms with E-state index in [-0.39, 0.29) is 5.75 Å². The minimum Gasteiger partial charge on any atom is -0.504 e. The van der Waals surface area contributed by atoms with Crippen molar-refractivity contribution in [2.24, 2.45) is 0 Å². The Hall–Kier alpha value is -2.44. The second-order valence-corrected chi connectivity index (χ2v) is 6.55. The number of aryl methyl sites for hydroxylation is 1. The summed E-state index contributed by atoms with van der Waals surface area (Å²) in [6, 6.07) is 11.1. The van der Waals surface area contributed by atoms with E-state index in [2.05, 4.69) is 4.90 Å². The summed E-state index contributed by atoms with van der Waals surface area (Å²) < 4.78 is 22.4. The lowest BCUT2D eigenvalue weighted by atomic mass is 10.2. The van der Waals surface area contributed by atoms with E-state index < -0.39 is 0 Å². The van der Waals surface area contributed by atoms with E-state index in [9.17, 15) is 5.11 Å². The molecule has 1 aliphatic rings. The summed E-state index contributed by atoms with van der Waals surface area (Å²) in [5, 5.41) is 9.96. The van der Waals surface area contributed by atoms with E-state index in [4.69, 9.17) is 18.9 Å². The van der Waals surface area contributed by atoms with Gasteiger partial charge in [0.15, 0.2) is 23.0 Å². The predicted molar refractivity (Wildman–Crippen MR) is 103 cm³/mol. The molecule has 2 aromatic carbocycles. The van der Waals surface area contributed by atoms with Crippen LogP contribution in [0.2, 0.25) is 0 Å². The van der Waals surface area contributed by atoms with Crippen LogP contribution in [-0.2, 0) is 11.3 Å². The molecule has 146 valence electrons. The molecule has 0 unspecified atom stereocenters. The number of aromatic hydroxyl groups is 1. The fourth-order valence-electron chi connectivity index (χ4n) is 2.94. The average molecular weight is 373 g/mol. The SMILES string of the molecule is COc1ccc(COc2ccc(C)cc2O)cc1OCCN1CCOCC1. The molecule has 0 aromatic heterocycles. The molecular weight excluding hydrogens is 346 g/mol. The molecule has 2 aromatic rings. The number of phenolic OH excluding ortho intramolecular Hbond substituents is 1. The van der Waals surface area contributed by atoms with Crippen LogP contribution >= 0.6 is 0 Å². The molecule has 1 fully saturated rings. The second-order valence-electron chi connectivity index (χ2n) is 6.55. The van der Waals surface area contributed by atoms with Crippen LogP contribution in [0.1, 0.15) is 11.1 Å². The molecule has 6 nitrogen and oxygen atoms in total. The van der Waals surface area contributed by atoms with Crippen molar-refractivity contribution in [3.8, 4) is 23.0 Å². The molecule has 0 aliphatic carbocycles. The average Bonchev–Trinajstić information content (AvgIpc) is 2.68. The molecule has 0 spiro atoms. The van der Waals surface area contributed by atoms with Gasteiger partial charge in [-0.25, -0.2) is 0 Å². The van der Waals surface area contributed by atoms with E-state index in [1.165, 1.54) is 0 Å². The molecule has 0 radical (unpaired) electrons. The monoisotopic (exact) mass is 373 g/mol. The molecule has 6 heteroatoms. The summed E-state index contributed by atoms with van der Waals surface area (Å²) in [4.78, 5) is 2.32. The van der Waals surface area contributed by atoms with Crippen molar-refractivity contribution >= 4 is 0 Å². The number of morpholine rings is 1. The number of ether oxygens (including phenoxy) is 4. The zero-order valence-corrected chi connectivity index (χ0v) is 15.9. The third-order valence-electron chi connectivity index (χ3n) is 4.51. The van der Waals surface area contributed by atoms with Crippen molar-refractivity contribution in [1.82, 2.24) is 4.90 Å². The fourth-order valence-corrected chi connectivity index (χ4v) is 2.94. The number of nitrogens with zero attached hydrogens (tertiary/aromatic N) is 1. The maximum Gasteiger partial charge on any atom is 0.161 e. The molecule has 3 rings (SSSR count). The summed E-state index contributed by atoms with van der Waals surface area (Å²) in [5.41, 5.74) is 1.93. The van der Waals surface area contributed by atoms with Gasteiger partial charge in [0.05, 0.1) is 20.3 Å². The second kappa shape index (κ2) is 9.48. The van der Waals surface area contributed by atoms with Crippen LogP contribution < -0.4 is 14.2 Å². The Morgan fingerprint density at radius 1 is 1.00 bits per heavy atom. The van der Waals surface area contributed by atoms with Crippen LogP contribution in [0.4, 0.5) is 0 Å². The van der Waals surface area contributed by atoms with Crippen molar-refractivity contribution < 1.29 is 24.1 Å². The summed E-state index contributed by atoms with van der Waals surface area (Å²) in [6.07, 6.45) is 0. The molecule has 0 saturated carbocycles. The Morgan fingerprint density at radius 3 is 2.52 bits per heavy atom. The van der Waals surface area contributed by atoms with Crippen LogP contribution in [0.3, 0.4) is 0 Å². The Balaban J connectivity index is 1.58. The van der Waals surface area contributed by atoms with Gasteiger partial charge in [0.25, 0.3) is 0 Å². The minimum atomic E-state index is 0.144. The summed E-state index contributed by atoms with van der Waals surface area (Å²) in [7, 11) is 1.63. The van der Waals surface area contributed by atoms with Gasteiger partial charge in [0, 0.05) is 19.6 Å². The largest absolute Gasteiger partial charge is 0.504 e. The number of rotatable bonds is 8. The fraction of sp³-hybridized carbons (Fsp3) is 0.429. The van der Waals surface area contributed by atoms with Crippen molar-refractivity contribution in [2.45, 2.75) is 13.5 Å². The normalized spacial score (nSPS) is 14.7. The number of methoxy groups -OCH3 is 1. The van der Waals surface area contributed by atoms with Crippen molar-refractivity contribution in [3.05, 3.63) is 47.5 Å². The quantitative estimate of drug-likeness (QED) is 0.768. The number of phenols is 1. The first kappa shape index (κ1) is 19.3. The van der Waals surface area contributed by atoms with Gasteiger partial charge in [0.2, 0.25) is 0 Å². The lowest BCUT2D eigenvalue weighted by Crippen LogP contribution is -2.38. The maximum absolute atomic E-state index is 9.96. The van der Waals surface area contributed by atoms with Gasteiger partial charge in [-0.1, -0.05) is 12.1 Å². The van der Waals surface area contributed by atoms with E-state index in [1.54, 1.807) is 19.2 Å². The van der Waals surface area contributed by atoms with Gasteiger partial charge < -0.3 is 24.1 Å². The highest BCUT2D eigenvalue weighted by molar-refractivity contribution is 5.44.